The third kappa shape index (κ3) is 3.55. The lowest BCUT2D eigenvalue weighted by atomic mass is 10.1. The van der Waals surface area contributed by atoms with E-state index in [-0.39, 0.29) is 12.2 Å². The van der Waals surface area contributed by atoms with Crippen LogP contribution in [0.4, 0.5) is 4.39 Å². The van der Waals surface area contributed by atoms with Gasteiger partial charge in [0.05, 0.1) is 34.6 Å². The van der Waals surface area contributed by atoms with E-state index in [0.717, 1.165) is 22.9 Å². The summed E-state index contributed by atoms with van der Waals surface area (Å²) in [6.45, 7) is 1.73. The minimum atomic E-state index is -1.01. The first-order valence-electron chi connectivity index (χ1n) is 7.82. The molecule has 2 heterocycles. The van der Waals surface area contributed by atoms with E-state index in [1.54, 1.807) is 12.4 Å². The van der Waals surface area contributed by atoms with E-state index in [9.17, 15) is 14.0 Å². The van der Waals surface area contributed by atoms with Crippen LogP contribution >= 0.6 is 11.3 Å². The van der Waals surface area contributed by atoms with Crippen molar-refractivity contribution in [3.05, 3.63) is 59.1 Å². The van der Waals surface area contributed by atoms with Crippen molar-refractivity contribution in [3.8, 4) is 0 Å². The number of halogens is 1. The molecule has 3 aromatic rings. The van der Waals surface area contributed by atoms with Gasteiger partial charge in [0.2, 0.25) is 0 Å². The standard InChI is InChI=1S/C18H16FN3O3S/c1-11(16-13(19)4-3-7-20-16)22(17(23)18(24)25-2)9-12-5-6-14-15(8-12)26-10-21-14/h3-8,10-11H,9H2,1-2H3. The molecule has 2 aromatic heterocycles. The first-order valence-corrected chi connectivity index (χ1v) is 8.70. The number of benzene rings is 1. The van der Waals surface area contributed by atoms with Crippen LogP contribution < -0.4 is 0 Å². The quantitative estimate of drug-likeness (QED) is 0.519. The van der Waals surface area contributed by atoms with Crippen LogP contribution in [0.3, 0.4) is 0 Å². The lowest BCUT2D eigenvalue weighted by molar-refractivity contribution is -0.159. The van der Waals surface area contributed by atoms with Crippen molar-refractivity contribution < 1.29 is 18.7 Å². The fourth-order valence-corrected chi connectivity index (χ4v) is 3.38. The van der Waals surface area contributed by atoms with Crippen molar-refractivity contribution in [2.24, 2.45) is 0 Å². The summed E-state index contributed by atoms with van der Waals surface area (Å²) in [6, 6.07) is 7.54. The molecule has 1 unspecified atom stereocenters. The summed E-state index contributed by atoms with van der Waals surface area (Å²) >= 11 is 1.48. The normalized spacial score (nSPS) is 12.0. The average molecular weight is 373 g/mol. The maximum Gasteiger partial charge on any atom is 0.396 e. The summed E-state index contributed by atoms with van der Waals surface area (Å²) < 4.78 is 19.6. The molecular formula is C18H16FN3O3S. The van der Waals surface area contributed by atoms with E-state index >= 15 is 0 Å². The number of fused-ring (bicyclic) bond motifs is 1. The maximum absolute atomic E-state index is 14.1. The molecule has 0 aliphatic rings. The molecule has 0 saturated heterocycles. The van der Waals surface area contributed by atoms with Crippen LogP contribution in [0.15, 0.2) is 42.0 Å². The first kappa shape index (κ1) is 17.9. The molecule has 0 aliphatic carbocycles. The summed E-state index contributed by atoms with van der Waals surface area (Å²) in [7, 11) is 1.13. The van der Waals surface area contributed by atoms with Crippen LogP contribution in [-0.4, -0.2) is 33.9 Å². The van der Waals surface area contributed by atoms with E-state index in [4.69, 9.17) is 0 Å². The Labute approximate surface area is 153 Å². The highest BCUT2D eigenvalue weighted by atomic mass is 32.1. The van der Waals surface area contributed by atoms with Crippen molar-refractivity contribution in [2.45, 2.75) is 19.5 Å². The van der Waals surface area contributed by atoms with Gasteiger partial charge in [-0.1, -0.05) is 6.07 Å². The predicted molar refractivity (Wildman–Crippen MR) is 94.8 cm³/mol. The number of rotatable bonds is 4. The highest BCUT2D eigenvalue weighted by Gasteiger charge is 2.30. The van der Waals surface area contributed by atoms with Gasteiger partial charge in [-0.3, -0.25) is 9.78 Å². The molecule has 8 heteroatoms. The fraction of sp³-hybridized carbons (Fsp3) is 0.222. The van der Waals surface area contributed by atoms with Gasteiger partial charge in [0.1, 0.15) is 5.82 Å². The van der Waals surface area contributed by atoms with Gasteiger partial charge < -0.3 is 9.64 Å². The van der Waals surface area contributed by atoms with Gasteiger partial charge in [-0.15, -0.1) is 11.3 Å². The van der Waals surface area contributed by atoms with E-state index in [1.807, 2.05) is 18.2 Å². The number of thiazole rings is 1. The lowest BCUT2D eigenvalue weighted by Gasteiger charge is -2.28. The second-order valence-electron chi connectivity index (χ2n) is 5.63. The highest BCUT2D eigenvalue weighted by Crippen LogP contribution is 2.25. The predicted octanol–water partition coefficient (Wildman–Crippen LogP) is 3.09. The Hall–Kier alpha value is -2.87. The zero-order valence-electron chi connectivity index (χ0n) is 14.2. The van der Waals surface area contributed by atoms with Crippen LogP contribution in [0.25, 0.3) is 10.2 Å². The van der Waals surface area contributed by atoms with E-state index in [2.05, 4.69) is 14.7 Å². The molecule has 0 bridgehead atoms. The molecular weight excluding hydrogens is 357 g/mol. The number of methoxy groups -OCH3 is 1. The van der Waals surface area contributed by atoms with Crippen LogP contribution in [0.2, 0.25) is 0 Å². The molecule has 1 amide bonds. The second-order valence-corrected chi connectivity index (χ2v) is 6.51. The number of hydrogen-bond acceptors (Lipinski definition) is 6. The fourth-order valence-electron chi connectivity index (χ4n) is 2.64. The highest BCUT2D eigenvalue weighted by molar-refractivity contribution is 7.16. The largest absolute Gasteiger partial charge is 0.462 e. The van der Waals surface area contributed by atoms with Crippen LogP contribution in [-0.2, 0) is 20.9 Å². The lowest BCUT2D eigenvalue weighted by Crippen LogP contribution is -2.39. The second kappa shape index (κ2) is 7.57. The van der Waals surface area contributed by atoms with Crippen LogP contribution in [0.1, 0.15) is 24.2 Å². The Balaban J connectivity index is 1.95. The SMILES string of the molecule is COC(=O)C(=O)N(Cc1ccc2ncsc2c1)C(C)c1ncccc1F. The molecule has 134 valence electrons. The number of ether oxygens (including phenoxy) is 1. The number of nitrogens with zero attached hydrogens (tertiary/aromatic N) is 3. The van der Waals surface area contributed by atoms with Crippen molar-refractivity contribution in [1.82, 2.24) is 14.9 Å². The molecule has 6 nitrogen and oxygen atoms in total. The molecule has 0 aliphatic heterocycles. The van der Waals surface area contributed by atoms with Crippen molar-refractivity contribution in [3.63, 3.8) is 0 Å². The topological polar surface area (TPSA) is 72.4 Å². The van der Waals surface area contributed by atoms with Gasteiger partial charge in [-0.25, -0.2) is 14.2 Å². The zero-order chi connectivity index (χ0) is 18.7. The Kier molecular flexibility index (Phi) is 5.22. The summed E-state index contributed by atoms with van der Waals surface area (Å²) in [6.07, 6.45) is 1.44. The number of carbonyl (C=O) groups is 2. The Morgan fingerprint density at radius 2 is 2.12 bits per heavy atom. The molecule has 26 heavy (non-hydrogen) atoms. The summed E-state index contributed by atoms with van der Waals surface area (Å²) in [5, 5.41) is 0. The van der Waals surface area contributed by atoms with Gasteiger partial charge in [0.25, 0.3) is 0 Å². The van der Waals surface area contributed by atoms with Crippen LogP contribution in [0.5, 0.6) is 0 Å². The Morgan fingerprint density at radius 3 is 2.85 bits per heavy atom. The number of carbonyl (C=O) groups excluding carboxylic acids is 2. The third-order valence-electron chi connectivity index (χ3n) is 4.02. The molecule has 1 aromatic carbocycles. The number of hydrogen-bond donors (Lipinski definition) is 0. The monoisotopic (exact) mass is 373 g/mol. The zero-order valence-corrected chi connectivity index (χ0v) is 15.0. The smallest absolute Gasteiger partial charge is 0.396 e. The number of amides is 1. The molecule has 3 rings (SSSR count). The summed E-state index contributed by atoms with van der Waals surface area (Å²) in [5.74, 6) is -2.40. The molecule has 0 fully saturated rings. The van der Waals surface area contributed by atoms with Gasteiger partial charge >= 0.3 is 11.9 Å². The van der Waals surface area contributed by atoms with E-state index in [1.165, 1.54) is 34.6 Å². The van der Waals surface area contributed by atoms with Gasteiger partial charge in [0, 0.05) is 12.7 Å². The van der Waals surface area contributed by atoms with E-state index < -0.39 is 23.7 Å². The molecule has 1 atom stereocenters. The van der Waals surface area contributed by atoms with Gasteiger partial charge in [-0.05, 0) is 36.8 Å². The molecule has 0 N–H and O–H groups in total. The summed E-state index contributed by atoms with van der Waals surface area (Å²) in [5.41, 5.74) is 3.47. The summed E-state index contributed by atoms with van der Waals surface area (Å²) in [4.78, 5) is 33.8. The minimum absolute atomic E-state index is 0.0867. The van der Waals surface area contributed by atoms with Crippen LogP contribution in [0, 0.1) is 5.82 Å². The Morgan fingerprint density at radius 1 is 1.31 bits per heavy atom. The van der Waals surface area contributed by atoms with Crippen molar-refractivity contribution in [1.29, 1.82) is 0 Å². The third-order valence-corrected chi connectivity index (χ3v) is 4.81. The van der Waals surface area contributed by atoms with Gasteiger partial charge in [0.15, 0.2) is 0 Å². The minimum Gasteiger partial charge on any atom is -0.462 e. The molecule has 0 radical (unpaired) electrons. The Bertz CT molecular complexity index is 960. The number of pyridine rings is 1. The van der Waals surface area contributed by atoms with Crippen molar-refractivity contribution in [2.75, 3.05) is 7.11 Å². The average Bonchev–Trinajstić information content (AvgIpc) is 3.12. The van der Waals surface area contributed by atoms with Crippen molar-refractivity contribution >= 4 is 33.4 Å². The first-order chi connectivity index (χ1) is 12.5. The van der Waals surface area contributed by atoms with E-state index in [0.29, 0.717) is 0 Å². The molecule has 0 saturated carbocycles. The number of aromatic nitrogens is 2. The maximum atomic E-state index is 14.1. The van der Waals surface area contributed by atoms with Gasteiger partial charge in [-0.2, -0.15) is 0 Å². The molecule has 0 spiro atoms. The number of esters is 1.